The summed E-state index contributed by atoms with van der Waals surface area (Å²) in [6.07, 6.45) is 4.56. The summed E-state index contributed by atoms with van der Waals surface area (Å²) in [5.41, 5.74) is 1.13. The summed E-state index contributed by atoms with van der Waals surface area (Å²) >= 11 is 1.44. The first kappa shape index (κ1) is 17.9. The van der Waals surface area contributed by atoms with Crippen molar-refractivity contribution in [2.24, 2.45) is 5.92 Å². The molecule has 1 aliphatic rings. The Kier molecular flexibility index (Phi) is 6.96. The number of carbonyl (C=O) groups excluding carboxylic acids is 2. The van der Waals surface area contributed by atoms with Crippen LogP contribution in [0, 0.1) is 12.8 Å². The van der Waals surface area contributed by atoms with E-state index in [9.17, 15) is 9.59 Å². The zero-order valence-electron chi connectivity index (χ0n) is 13.8. The average molecular weight is 335 g/mol. The van der Waals surface area contributed by atoms with Crippen LogP contribution in [0.2, 0.25) is 0 Å². The van der Waals surface area contributed by atoms with E-state index in [1.165, 1.54) is 18.2 Å². The maximum atomic E-state index is 11.9. The highest BCUT2D eigenvalue weighted by Crippen LogP contribution is 2.24. The fraction of sp³-hybridized carbons (Fsp3) is 0.556. The third-order valence-electron chi connectivity index (χ3n) is 4.26. The van der Waals surface area contributed by atoms with Crippen molar-refractivity contribution in [3.05, 3.63) is 29.8 Å². The van der Waals surface area contributed by atoms with Gasteiger partial charge in [0.1, 0.15) is 0 Å². The van der Waals surface area contributed by atoms with Gasteiger partial charge in [-0.15, -0.1) is 11.8 Å². The lowest BCUT2D eigenvalue weighted by Gasteiger charge is -2.29. The van der Waals surface area contributed by atoms with Gasteiger partial charge in [0.25, 0.3) is 5.91 Å². The topological polar surface area (TPSA) is 55.4 Å². The van der Waals surface area contributed by atoms with Crippen molar-refractivity contribution < 1.29 is 14.3 Å². The van der Waals surface area contributed by atoms with Gasteiger partial charge in [0.2, 0.25) is 0 Å². The highest BCUT2D eigenvalue weighted by molar-refractivity contribution is 8.00. The lowest BCUT2D eigenvalue weighted by Crippen LogP contribution is -2.43. The van der Waals surface area contributed by atoms with E-state index in [4.69, 9.17) is 4.74 Å². The quantitative estimate of drug-likeness (QED) is 0.640. The van der Waals surface area contributed by atoms with E-state index >= 15 is 0 Å². The Hall–Kier alpha value is -1.49. The van der Waals surface area contributed by atoms with Gasteiger partial charge in [0.15, 0.2) is 6.61 Å². The van der Waals surface area contributed by atoms with E-state index in [1.807, 2.05) is 31.2 Å². The molecule has 1 saturated carbocycles. The van der Waals surface area contributed by atoms with Crippen LogP contribution in [0.1, 0.15) is 38.2 Å². The van der Waals surface area contributed by atoms with E-state index in [1.54, 1.807) is 0 Å². The van der Waals surface area contributed by atoms with Gasteiger partial charge in [-0.05, 0) is 37.3 Å². The van der Waals surface area contributed by atoms with Crippen LogP contribution in [-0.2, 0) is 14.3 Å². The number of nitrogens with one attached hydrogen (secondary N) is 1. The molecule has 0 unspecified atom stereocenters. The van der Waals surface area contributed by atoms with Crippen LogP contribution in [0.25, 0.3) is 0 Å². The molecule has 0 aromatic heterocycles. The number of aryl methyl sites for hydroxylation is 1. The molecule has 0 saturated heterocycles. The van der Waals surface area contributed by atoms with Crippen LogP contribution in [-0.4, -0.2) is 30.3 Å². The van der Waals surface area contributed by atoms with E-state index < -0.39 is 0 Å². The zero-order valence-corrected chi connectivity index (χ0v) is 14.7. The number of thioether (sulfide) groups is 1. The first-order valence-electron chi connectivity index (χ1n) is 8.19. The molecule has 1 aliphatic carbocycles. The largest absolute Gasteiger partial charge is 0.455 e. The van der Waals surface area contributed by atoms with Gasteiger partial charge < -0.3 is 10.1 Å². The number of hydrogen-bond donors (Lipinski definition) is 1. The van der Waals surface area contributed by atoms with E-state index in [0.717, 1.165) is 29.7 Å². The van der Waals surface area contributed by atoms with E-state index in [2.05, 4.69) is 12.2 Å². The van der Waals surface area contributed by atoms with Crippen LogP contribution in [0.3, 0.4) is 0 Å². The molecule has 1 N–H and O–H groups in total. The molecule has 0 heterocycles. The first-order valence-corrected chi connectivity index (χ1v) is 9.18. The highest BCUT2D eigenvalue weighted by atomic mass is 32.2. The van der Waals surface area contributed by atoms with Crippen molar-refractivity contribution in [3.8, 4) is 0 Å². The lowest BCUT2D eigenvalue weighted by atomic mass is 9.86. The molecule has 1 aromatic rings. The Morgan fingerprint density at radius 1 is 1.26 bits per heavy atom. The predicted octanol–water partition coefficient (Wildman–Crippen LogP) is 3.33. The van der Waals surface area contributed by atoms with Crippen molar-refractivity contribution in [2.75, 3.05) is 12.4 Å². The van der Waals surface area contributed by atoms with Gasteiger partial charge in [-0.2, -0.15) is 0 Å². The molecule has 0 radical (unpaired) electrons. The number of carbonyl (C=O) groups is 2. The van der Waals surface area contributed by atoms with Gasteiger partial charge in [-0.25, -0.2) is 0 Å². The molecule has 0 aliphatic heterocycles. The fourth-order valence-electron chi connectivity index (χ4n) is 2.82. The Labute approximate surface area is 142 Å². The fourth-order valence-corrected chi connectivity index (χ4v) is 3.65. The smallest absolute Gasteiger partial charge is 0.316 e. The number of hydrogen-bond acceptors (Lipinski definition) is 4. The Balaban J connectivity index is 1.67. The standard InChI is InChI=1S/C18H25NO3S/c1-13-7-3-5-9-15(13)19-17(20)11-22-18(21)12-23-16-10-6-4-8-14(16)2/h4,6,8,10,13,15H,3,5,7,9,11-12H2,1-2H3,(H,19,20)/t13-,15+/m0/s1. The minimum absolute atomic E-state index is 0.184. The molecule has 1 amide bonds. The summed E-state index contributed by atoms with van der Waals surface area (Å²) in [5.74, 6) is 0.168. The van der Waals surface area contributed by atoms with Crippen molar-refractivity contribution in [2.45, 2.75) is 50.5 Å². The maximum absolute atomic E-state index is 11.9. The van der Waals surface area contributed by atoms with Crippen LogP contribution in [0.15, 0.2) is 29.2 Å². The third-order valence-corrected chi connectivity index (χ3v) is 5.41. The first-order chi connectivity index (χ1) is 11.1. The Bertz CT molecular complexity index is 547. The second kappa shape index (κ2) is 8.96. The van der Waals surface area contributed by atoms with Gasteiger partial charge >= 0.3 is 5.97 Å². The minimum atomic E-state index is -0.356. The second-order valence-corrected chi connectivity index (χ2v) is 7.17. The predicted molar refractivity (Wildman–Crippen MR) is 92.4 cm³/mol. The van der Waals surface area contributed by atoms with Gasteiger partial charge in [0, 0.05) is 10.9 Å². The van der Waals surface area contributed by atoms with Gasteiger partial charge in [-0.1, -0.05) is 38.0 Å². The second-order valence-electron chi connectivity index (χ2n) is 6.15. The number of esters is 1. The third kappa shape index (κ3) is 5.90. The molecule has 5 heteroatoms. The van der Waals surface area contributed by atoms with Crippen LogP contribution in [0.5, 0.6) is 0 Å². The van der Waals surface area contributed by atoms with Gasteiger partial charge in [-0.3, -0.25) is 9.59 Å². The zero-order chi connectivity index (χ0) is 16.7. The molecule has 1 aromatic carbocycles. The normalized spacial score (nSPS) is 20.8. The molecular weight excluding hydrogens is 310 g/mol. The molecule has 126 valence electrons. The van der Waals surface area contributed by atoms with Crippen molar-refractivity contribution >= 4 is 23.6 Å². The summed E-state index contributed by atoms with van der Waals surface area (Å²) in [6.45, 7) is 3.98. The Morgan fingerprint density at radius 2 is 2.00 bits per heavy atom. The summed E-state index contributed by atoms with van der Waals surface area (Å²) in [4.78, 5) is 24.7. The van der Waals surface area contributed by atoms with Crippen molar-refractivity contribution in [1.29, 1.82) is 0 Å². The summed E-state index contributed by atoms with van der Waals surface area (Å²) in [5, 5.41) is 2.98. The summed E-state index contributed by atoms with van der Waals surface area (Å²) in [7, 11) is 0. The summed E-state index contributed by atoms with van der Waals surface area (Å²) in [6, 6.07) is 8.11. The van der Waals surface area contributed by atoms with Crippen molar-refractivity contribution in [1.82, 2.24) is 5.32 Å². The van der Waals surface area contributed by atoms with E-state index in [0.29, 0.717) is 5.92 Å². The van der Waals surface area contributed by atoms with Gasteiger partial charge in [0.05, 0.1) is 5.75 Å². The van der Waals surface area contributed by atoms with Crippen molar-refractivity contribution in [3.63, 3.8) is 0 Å². The SMILES string of the molecule is Cc1ccccc1SCC(=O)OCC(=O)N[C@@H]1CCCC[C@@H]1C. The number of rotatable bonds is 6. The minimum Gasteiger partial charge on any atom is -0.455 e. The van der Waals surface area contributed by atoms with Crippen LogP contribution >= 0.6 is 11.8 Å². The monoisotopic (exact) mass is 335 g/mol. The molecular formula is C18H25NO3S. The maximum Gasteiger partial charge on any atom is 0.316 e. The molecule has 2 atom stereocenters. The van der Waals surface area contributed by atoms with Crippen LogP contribution < -0.4 is 5.32 Å². The number of amides is 1. The lowest BCUT2D eigenvalue weighted by molar-refractivity contribution is -0.146. The molecule has 4 nitrogen and oxygen atoms in total. The number of benzene rings is 1. The molecule has 2 rings (SSSR count). The highest BCUT2D eigenvalue weighted by Gasteiger charge is 2.23. The van der Waals surface area contributed by atoms with Crippen LogP contribution in [0.4, 0.5) is 0 Å². The molecule has 0 spiro atoms. The summed E-state index contributed by atoms with van der Waals surface area (Å²) < 4.78 is 5.07. The molecule has 23 heavy (non-hydrogen) atoms. The van der Waals surface area contributed by atoms with E-state index in [-0.39, 0.29) is 30.3 Å². The number of ether oxygens (including phenoxy) is 1. The molecule has 1 fully saturated rings. The average Bonchev–Trinajstić information content (AvgIpc) is 2.54. The molecule has 0 bridgehead atoms. The Morgan fingerprint density at radius 3 is 2.74 bits per heavy atom.